The molecule has 0 unspecified atom stereocenters. The third kappa shape index (κ3) is 31.3. The van der Waals surface area contributed by atoms with Crippen molar-refractivity contribution in [3.63, 3.8) is 0 Å². The first-order chi connectivity index (χ1) is 7.70. The summed E-state index contributed by atoms with van der Waals surface area (Å²) in [7, 11) is 8.63. The van der Waals surface area contributed by atoms with E-state index in [1.807, 2.05) is 0 Å². The number of nitrogens with zero attached hydrogens (tertiary/aromatic N) is 2. The Bertz CT molecular complexity index is 180. The molecular formula is C8H22N2O6Si. The Morgan fingerprint density at radius 3 is 1.06 bits per heavy atom. The van der Waals surface area contributed by atoms with E-state index in [-0.39, 0.29) is 0 Å². The first kappa shape index (κ1) is 21.0. The van der Waals surface area contributed by atoms with Gasteiger partial charge in [-0.2, -0.15) is 0 Å². The van der Waals surface area contributed by atoms with Gasteiger partial charge in [0.2, 0.25) is 0 Å². The summed E-state index contributed by atoms with van der Waals surface area (Å²) < 4.78 is 9.22. The maximum atomic E-state index is 9.62. The zero-order chi connectivity index (χ0) is 14.4. The minimum Gasteiger partial charge on any atom is -0.465 e. The van der Waals surface area contributed by atoms with E-state index < -0.39 is 22.2 Å². The van der Waals surface area contributed by atoms with E-state index in [2.05, 4.69) is 8.85 Å². The van der Waals surface area contributed by atoms with Crippen molar-refractivity contribution in [1.82, 2.24) is 9.80 Å². The van der Waals surface area contributed by atoms with Gasteiger partial charge in [0.05, 0.1) is 0 Å². The molecule has 0 aromatic heterocycles. The lowest BCUT2D eigenvalue weighted by molar-refractivity contribution is 0.164. The van der Waals surface area contributed by atoms with Crippen molar-refractivity contribution in [2.24, 2.45) is 0 Å². The molecule has 104 valence electrons. The molecule has 0 aliphatic rings. The van der Waals surface area contributed by atoms with Crippen LogP contribution in [0.15, 0.2) is 0 Å². The molecule has 0 atom stereocenters. The highest BCUT2D eigenvalue weighted by Gasteiger charge is 1.92. The van der Waals surface area contributed by atoms with E-state index in [1.165, 1.54) is 28.2 Å². The van der Waals surface area contributed by atoms with Crippen LogP contribution < -0.4 is 0 Å². The van der Waals surface area contributed by atoms with Gasteiger partial charge in [-0.15, -0.1) is 0 Å². The molecule has 2 N–H and O–H groups in total. The van der Waals surface area contributed by atoms with Crippen LogP contribution in [0.4, 0.5) is 9.59 Å². The van der Waals surface area contributed by atoms with Crippen molar-refractivity contribution in [2.45, 2.75) is 0 Å². The maximum Gasteiger partial charge on any atom is 0.406 e. The Kier molecular flexibility index (Phi) is 18.1. The molecular weight excluding hydrogens is 248 g/mol. The highest BCUT2D eigenvalue weighted by Crippen LogP contribution is 1.70. The van der Waals surface area contributed by atoms with Gasteiger partial charge in [0.25, 0.3) is 0 Å². The molecule has 8 nitrogen and oxygen atoms in total. The summed E-state index contributed by atoms with van der Waals surface area (Å²) in [6.45, 7) is 0. The molecule has 0 aromatic rings. The molecule has 0 saturated carbocycles. The molecule has 17 heavy (non-hydrogen) atoms. The van der Waals surface area contributed by atoms with Gasteiger partial charge in [0.1, 0.15) is 0 Å². The molecule has 0 spiro atoms. The number of rotatable bonds is 2. The second kappa shape index (κ2) is 14.7. The van der Waals surface area contributed by atoms with E-state index in [4.69, 9.17) is 10.2 Å². The Morgan fingerprint density at radius 1 is 0.882 bits per heavy atom. The summed E-state index contributed by atoms with van der Waals surface area (Å²) in [5.41, 5.74) is 0. The van der Waals surface area contributed by atoms with E-state index in [9.17, 15) is 9.59 Å². The van der Waals surface area contributed by atoms with Gasteiger partial charge in [-0.25, -0.2) is 9.59 Å². The number of carboxylic acid groups (broad SMARTS) is 2. The SMILES string of the molecule is CN(C)C(=O)O.CN(C)C(=O)O.CO[SiH2]OC. The van der Waals surface area contributed by atoms with E-state index in [0.29, 0.717) is 0 Å². The fourth-order valence-corrected chi connectivity index (χ4v) is 0.354. The zero-order valence-corrected chi connectivity index (χ0v) is 12.5. The summed E-state index contributed by atoms with van der Waals surface area (Å²) in [6, 6.07) is 0. The lowest BCUT2D eigenvalue weighted by Crippen LogP contribution is -2.18. The van der Waals surface area contributed by atoms with Crippen LogP contribution in [0.2, 0.25) is 0 Å². The molecule has 0 aliphatic carbocycles. The van der Waals surface area contributed by atoms with Gasteiger partial charge in [-0.1, -0.05) is 0 Å². The molecule has 2 amide bonds. The van der Waals surface area contributed by atoms with E-state index in [1.54, 1.807) is 14.2 Å². The summed E-state index contributed by atoms with van der Waals surface area (Å²) in [5, 5.41) is 15.8. The van der Waals surface area contributed by atoms with Crippen LogP contribution in [-0.4, -0.2) is 84.6 Å². The van der Waals surface area contributed by atoms with Crippen molar-refractivity contribution >= 4 is 22.2 Å². The van der Waals surface area contributed by atoms with E-state index >= 15 is 0 Å². The second-order valence-corrected chi connectivity index (χ2v) is 4.44. The minimum atomic E-state index is -0.907. The smallest absolute Gasteiger partial charge is 0.406 e. The third-order valence-corrected chi connectivity index (χ3v) is 1.47. The number of hydrogen-bond acceptors (Lipinski definition) is 4. The normalized spacial score (nSPS) is 7.88. The lowest BCUT2D eigenvalue weighted by Gasteiger charge is -1.99. The average Bonchev–Trinajstić information content (AvgIpc) is 2.20. The molecule has 9 heteroatoms. The van der Waals surface area contributed by atoms with Crippen LogP contribution in [0.1, 0.15) is 0 Å². The van der Waals surface area contributed by atoms with Crippen molar-refractivity contribution in [1.29, 1.82) is 0 Å². The maximum absolute atomic E-state index is 9.62. The molecule has 0 aliphatic heterocycles. The fourth-order valence-electron chi connectivity index (χ4n) is 0.118. The number of amides is 2. The molecule has 0 fully saturated rings. The largest absolute Gasteiger partial charge is 0.465 e. The number of hydrogen-bond donors (Lipinski definition) is 2. The predicted molar refractivity (Wildman–Crippen MR) is 66.0 cm³/mol. The van der Waals surface area contributed by atoms with Crippen LogP contribution in [0.5, 0.6) is 0 Å². The van der Waals surface area contributed by atoms with Crippen LogP contribution >= 0.6 is 0 Å². The minimum absolute atomic E-state index is 0.568. The van der Waals surface area contributed by atoms with Crippen LogP contribution in [0.3, 0.4) is 0 Å². The van der Waals surface area contributed by atoms with Crippen LogP contribution in [0, 0.1) is 0 Å². The molecule has 0 rings (SSSR count). The molecule has 0 aromatic carbocycles. The van der Waals surface area contributed by atoms with Crippen molar-refractivity contribution in [3.8, 4) is 0 Å². The van der Waals surface area contributed by atoms with E-state index in [0.717, 1.165) is 9.80 Å². The zero-order valence-electron chi connectivity index (χ0n) is 11.1. The van der Waals surface area contributed by atoms with Gasteiger partial charge >= 0.3 is 22.2 Å². The average molecular weight is 270 g/mol. The molecule has 0 bridgehead atoms. The Morgan fingerprint density at radius 2 is 1.06 bits per heavy atom. The van der Waals surface area contributed by atoms with Gasteiger partial charge in [0, 0.05) is 42.4 Å². The van der Waals surface area contributed by atoms with Gasteiger partial charge < -0.3 is 28.9 Å². The van der Waals surface area contributed by atoms with Gasteiger partial charge in [-0.05, 0) is 0 Å². The molecule has 0 saturated heterocycles. The fraction of sp³-hybridized carbons (Fsp3) is 0.750. The highest BCUT2D eigenvalue weighted by atomic mass is 28.3. The Balaban J connectivity index is -0.000000174. The Labute approximate surface area is 104 Å². The molecule has 0 heterocycles. The quantitative estimate of drug-likeness (QED) is 0.670. The summed E-state index contributed by atoms with van der Waals surface area (Å²) in [4.78, 5) is 21.4. The predicted octanol–water partition coefficient (Wildman–Crippen LogP) is -0.270. The first-order valence-corrected chi connectivity index (χ1v) is 5.64. The second-order valence-electron chi connectivity index (χ2n) is 3.05. The summed E-state index contributed by atoms with van der Waals surface area (Å²) in [6.07, 6.45) is -1.81. The summed E-state index contributed by atoms with van der Waals surface area (Å²) in [5.74, 6) is 0. The molecule has 0 radical (unpaired) electrons. The topological polar surface area (TPSA) is 99.5 Å². The highest BCUT2D eigenvalue weighted by molar-refractivity contribution is 6.17. The number of carbonyl (C=O) groups is 2. The lowest BCUT2D eigenvalue weighted by atomic mass is 10.9. The van der Waals surface area contributed by atoms with Gasteiger partial charge in [-0.3, -0.25) is 0 Å². The van der Waals surface area contributed by atoms with Gasteiger partial charge in [0.15, 0.2) is 0 Å². The standard InChI is InChI=1S/2C3H7NO2.C2H8O2Si/c2*1-4(2)3(5)6;1-3-5-4-2/h2*1-2H3,(H,5,6);5H2,1-2H3. The van der Waals surface area contributed by atoms with Crippen molar-refractivity contribution in [3.05, 3.63) is 0 Å². The Hall–Kier alpha value is -1.32. The van der Waals surface area contributed by atoms with Crippen molar-refractivity contribution < 1.29 is 28.7 Å². The van der Waals surface area contributed by atoms with Crippen LogP contribution in [-0.2, 0) is 8.85 Å². The monoisotopic (exact) mass is 270 g/mol. The first-order valence-electron chi connectivity index (χ1n) is 4.49. The van der Waals surface area contributed by atoms with Crippen LogP contribution in [0.25, 0.3) is 0 Å². The van der Waals surface area contributed by atoms with Crippen molar-refractivity contribution in [2.75, 3.05) is 42.4 Å². The summed E-state index contributed by atoms with van der Waals surface area (Å²) >= 11 is 0. The third-order valence-electron chi connectivity index (χ3n) is 1.00.